The number of hydrogen-bond acceptors (Lipinski definition) is 3. The molecule has 0 aliphatic heterocycles. The van der Waals surface area contributed by atoms with Crippen molar-refractivity contribution in [3.8, 4) is 0 Å². The maximum atomic E-state index is 13.2. The first-order valence-corrected chi connectivity index (χ1v) is 8.98. The molecule has 0 heterocycles. The van der Waals surface area contributed by atoms with Gasteiger partial charge < -0.3 is 9.84 Å². The van der Waals surface area contributed by atoms with Crippen LogP contribution < -0.4 is 0 Å². The summed E-state index contributed by atoms with van der Waals surface area (Å²) >= 11 is 1.14. The summed E-state index contributed by atoms with van der Waals surface area (Å²) in [6, 6.07) is 0. The zero-order valence-electron chi connectivity index (χ0n) is 13.0. The Hall–Kier alpha value is -0.310. The van der Waals surface area contributed by atoms with Gasteiger partial charge in [-0.25, -0.2) is 4.79 Å². The van der Waals surface area contributed by atoms with Gasteiger partial charge >= 0.3 is 12.1 Å². The van der Waals surface area contributed by atoms with Gasteiger partial charge in [0.25, 0.3) is 0 Å². The van der Waals surface area contributed by atoms with Crippen LogP contribution in [0.1, 0.15) is 45.4 Å². The predicted molar refractivity (Wildman–Crippen MR) is 87.9 cm³/mol. The molecule has 2 rings (SSSR count). The van der Waals surface area contributed by atoms with Crippen molar-refractivity contribution in [2.45, 2.75) is 61.3 Å². The fraction of sp³-hybridized carbons (Fsp3) is 0.812. The van der Waals surface area contributed by atoms with Crippen LogP contribution in [0.2, 0.25) is 0 Å². The molecule has 2 fully saturated rings. The van der Waals surface area contributed by atoms with Crippen molar-refractivity contribution in [1.82, 2.24) is 0 Å². The second-order valence-electron chi connectivity index (χ2n) is 6.69. The van der Waals surface area contributed by atoms with E-state index in [0.717, 1.165) is 41.9 Å². The van der Waals surface area contributed by atoms with Crippen molar-refractivity contribution in [2.24, 2.45) is 17.8 Å². The number of aliphatic hydroxyl groups is 1. The van der Waals surface area contributed by atoms with Crippen LogP contribution in [0.25, 0.3) is 0 Å². The highest BCUT2D eigenvalue weighted by Crippen LogP contribution is 2.54. The average Bonchev–Trinajstić information content (AvgIpc) is 2.46. The number of halogens is 4. The lowest BCUT2D eigenvalue weighted by atomic mass is 9.62. The molecule has 0 aromatic heterocycles. The first-order valence-electron chi connectivity index (χ1n) is 7.90. The molecule has 23 heavy (non-hydrogen) atoms. The Morgan fingerprint density at radius 3 is 2.26 bits per heavy atom. The van der Waals surface area contributed by atoms with E-state index >= 15 is 0 Å². The molecule has 0 spiro atoms. The molecule has 1 N–H and O–H groups in total. The van der Waals surface area contributed by atoms with Crippen molar-refractivity contribution in [2.75, 3.05) is 0 Å². The smallest absolute Gasteiger partial charge is 0.426 e. The molecular formula is C16H22F3IO3. The molecule has 2 aliphatic rings. The van der Waals surface area contributed by atoms with Gasteiger partial charge in [-0.1, -0.05) is 19.4 Å². The third-order valence-corrected chi connectivity index (χ3v) is 6.54. The Kier molecular flexibility index (Phi) is 5.70. The minimum Gasteiger partial charge on any atom is -0.459 e. The van der Waals surface area contributed by atoms with Gasteiger partial charge in [-0.05, 0) is 67.0 Å². The Balaban J connectivity index is 2.20. The predicted octanol–water partition coefficient (Wildman–Crippen LogP) is 4.38. The lowest BCUT2D eigenvalue weighted by Crippen LogP contribution is -2.54. The van der Waals surface area contributed by atoms with Gasteiger partial charge in [0.05, 0.1) is 0 Å². The average molecular weight is 446 g/mol. The number of hydrogen-bond donors (Lipinski definition) is 1. The molecule has 0 radical (unpaired) electrons. The molecule has 0 saturated heterocycles. The van der Waals surface area contributed by atoms with Gasteiger partial charge in [-0.3, -0.25) is 0 Å². The minimum atomic E-state index is -4.67. The molecule has 0 bridgehead atoms. The highest BCUT2D eigenvalue weighted by Gasteiger charge is 2.61. The Morgan fingerprint density at radius 1 is 1.17 bits per heavy atom. The summed E-state index contributed by atoms with van der Waals surface area (Å²) in [6.45, 7) is 5.10. The lowest BCUT2D eigenvalue weighted by molar-refractivity contribution is -0.244. The van der Waals surface area contributed by atoms with Crippen LogP contribution in [-0.2, 0) is 9.53 Å². The number of esters is 1. The fourth-order valence-electron chi connectivity index (χ4n) is 3.99. The van der Waals surface area contributed by atoms with Gasteiger partial charge in [-0.2, -0.15) is 13.2 Å². The third kappa shape index (κ3) is 3.86. The van der Waals surface area contributed by atoms with Crippen molar-refractivity contribution in [3.05, 3.63) is 12.2 Å². The summed E-state index contributed by atoms with van der Waals surface area (Å²) in [6.07, 6.45) is -1.34. The van der Waals surface area contributed by atoms with E-state index in [1.807, 2.05) is 0 Å². The highest BCUT2D eigenvalue weighted by atomic mass is 127. The standard InChI is InChI=1S/C16H22F3IO3/c1-9(2)14(21)23-13-8-7-12(15(20,22)16(17,18)19)10-5-3-4-6-11(10)13/h10-13,22H,1,3-8H2,2H3. The second-order valence-corrected chi connectivity index (χ2v) is 8.34. The zero-order chi connectivity index (χ0) is 17.4. The van der Waals surface area contributed by atoms with E-state index in [1.165, 1.54) is 0 Å². The first kappa shape index (κ1) is 19.0. The van der Waals surface area contributed by atoms with E-state index in [4.69, 9.17) is 4.74 Å². The van der Waals surface area contributed by atoms with Crippen LogP contribution in [0, 0.1) is 17.8 Å². The van der Waals surface area contributed by atoms with Crippen LogP contribution >= 0.6 is 22.6 Å². The quantitative estimate of drug-likeness (QED) is 0.303. The maximum Gasteiger partial charge on any atom is 0.426 e. The Bertz CT molecular complexity index is 476. The largest absolute Gasteiger partial charge is 0.459 e. The molecule has 3 nitrogen and oxygen atoms in total. The SMILES string of the molecule is C=C(C)C(=O)OC1CCC(C(O)(I)C(F)(F)F)C2CCCCC12. The van der Waals surface area contributed by atoms with Crippen molar-refractivity contribution < 1.29 is 27.8 Å². The highest BCUT2D eigenvalue weighted by molar-refractivity contribution is 14.1. The number of carbonyl (C=O) groups is 1. The van der Waals surface area contributed by atoms with Gasteiger partial charge in [0, 0.05) is 11.5 Å². The summed E-state index contributed by atoms with van der Waals surface area (Å²) in [5.41, 5.74) is 0.292. The first-order chi connectivity index (χ1) is 10.6. The minimum absolute atomic E-state index is 0.116. The van der Waals surface area contributed by atoms with E-state index in [-0.39, 0.29) is 24.4 Å². The van der Waals surface area contributed by atoms with E-state index < -0.39 is 21.7 Å². The van der Waals surface area contributed by atoms with Crippen LogP contribution in [0.4, 0.5) is 13.2 Å². The molecule has 2 saturated carbocycles. The lowest BCUT2D eigenvalue weighted by Gasteiger charge is -2.49. The topological polar surface area (TPSA) is 46.5 Å². The normalized spacial score (nSPS) is 34.2. The van der Waals surface area contributed by atoms with E-state index in [2.05, 4.69) is 6.58 Å². The summed E-state index contributed by atoms with van der Waals surface area (Å²) < 4.78 is 42.4. The monoisotopic (exact) mass is 446 g/mol. The molecule has 5 atom stereocenters. The van der Waals surface area contributed by atoms with Crippen molar-refractivity contribution >= 4 is 28.6 Å². The van der Waals surface area contributed by atoms with E-state index in [0.29, 0.717) is 18.4 Å². The Morgan fingerprint density at radius 2 is 1.74 bits per heavy atom. The molecule has 2 aliphatic carbocycles. The summed E-state index contributed by atoms with van der Waals surface area (Å²) in [5.74, 6) is -1.73. The van der Waals surface area contributed by atoms with Gasteiger partial charge in [0.2, 0.25) is 3.61 Å². The van der Waals surface area contributed by atoms with Crippen LogP contribution in [0.3, 0.4) is 0 Å². The molecule has 0 aromatic carbocycles. The molecule has 132 valence electrons. The van der Waals surface area contributed by atoms with Crippen LogP contribution in [-0.4, -0.2) is 27.0 Å². The maximum absolute atomic E-state index is 13.2. The Labute approximate surface area is 147 Å². The number of carbonyl (C=O) groups excluding carboxylic acids is 1. The number of fused-ring (bicyclic) bond motifs is 1. The third-order valence-electron chi connectivity index (χ3n) is 5.13. The summed E-state index contributed by atoms with van der Waals surface area (Å²) in [4.78, 5) is 11.8. The van der Waals surface area contributed by atoms with Crippen LogP contribution in [0.15, 0.2) is 12.2 Å². The number of ether oxygens (including phenoxy) is 1. The van der Waals surface area contributed by atoms with E-state index in [9.17, 15) is 23.1 Å². The molecule has 0 amide bonds. The molecular weight excluding hydrogens is 424 g/mol. The fourth-order valence-corrected chi connectivity index (χ4v) is 4.76. The van der Waals surface area contributed by atoms with Gasteiger partial charge in [0.15, 0.2) is 0 Å². The number of alkyl halides is 4. The molecule has 7 heteroatoms. The van der Waals surface area contributed by atoms with Crippen molar-refractivity contribution in [3.63, 3.8) is 0 Å². The molecule has 0 aromatic rings. The molecule has 5 unspecified atom stereocenters. The second kappa shape index (κ2) is 6.90. The van der Waals surface area contributed by atoms with Crippen LogP contribution in [0.5, 0.6) is 0 Å². The number of rotatable bonds is 3. The van der Waals surface area contributed by atoms with E-state index in [1.54, 1.807) is 6.92 Å². The summed E-state index contributed by atoms with van der Waals surface area (Å²) in [5, 5.41) is 10.1. The zero-order valence-corrected chi connectivity index (χ0v) is 15.2. The van der Waals surface area contributed by atoms with Crippen molar-refractivity contribution in [1.29, 1.82) is 0 Å². The summed E-state index contributed by atoms with van der Waals surface area (Å²) in [7, 11) is 0. The van der Waals surface area contributed by atoms with Gasteiger partial charge in [-0.15, -0.1) is 0 Å². The van der Waals surface area contributed by atoms with Gasteiger partial charge in [0.1, 0.15) is 6.10 Å².